The first-order chi connectivity index (χ1) is 14.4. The molecule has 0 atom stereocenters. The average molecular weight is 421 g/mol. The highest BCUT2D eigenvalue weighted by molar-refractivity contribution is 7.89. The first-order valence-corrected chi connectivity index (χ1v) is 10.3. The van der Waals surface area contributed by atoms with Gasteiger partial charge in [-0.15, -0.1) is 0 Å². The molecule has 0 unspecified atom stereocenters. The summed E-state index contributed by atoms with van der Waals surface area (Å²) in [5.74, 6) is -1.86. The number of carbonyl (C=O) groups is 2. The molecule has 30 heavy (non-hydrogen) atoms. The predicted octanol–water partition coefficient (Wildman–Crippen LogP) is 3.04. The van der Waals surface area contributed by atoms with Gasteiger partial charge in [-0.05, 0) is 24.3 Å². The van der Waals surface area contributed by atoms with Crippen molar-refractivity contribution in [3.05, 3.63) is 101 Å². The normalized spacial score (nSPS) is 13.7. The molecule has 0 aromatic heterocycles. The molecule has 0 heterocycles. The van der Waals surface area contributed by atoms with E-state index in [0.717, 1.165) is 0 Å². The van der Waals surface area contributed by atoms with Gasteiger partial charge in [-0.3, -0.25) is 14.3 Å². The molecule has 1 aliphatic carbocycles. The summed E-state index contributed by atoms with van der Waals surface area (Å²) in [7, 11) is -4.16. The Morgan fingerprint density at radius 2 is 1.40 bits per heavy atom. The maximum Gasteiger partial charge on any atom is 0.262 e. The van der Waals surface area contributed by atoms with Gasteiger partial charge in [0, 0.05) is 17.2 Å². The summed E-state index contributed by atoms with van der Waals surface area (Å²) >= 11 is 0. The fraction of sp³-hybridized carbons (Fsp3) is 0. The van der Waals surface area contributed by atoms with Crippen LogP contribution < -0.4 is 9.46 Å². The van der Waals surface area contributed by atoms with E-state index in [-0.39, 0.29) is 27.5 Å². The highest BCUT2D eigenvalue weighted by Gasteiger charge is 2.36. The highest BCUT2D eigenvalue weighted by atomic mass is 32.2. The van der Waals surface area contributed by atoms with Crippen LogP contribution in [0.1, 0.15) is 20.7 Å². The smallest absolute Gasteiger partial charge is 0.262 e. The summed E-state index contributed by atoms with van der Waals surface area (Å²) in [6.07, 6.45) is 0. The lowest BCUT2D eigenvalue weighted by Gasteiger charge is -2.22. The van der Waals surface area contributed by atoms with Crippen LogP contribution in [0.3, 0.4) is 0 Å². The maximum absolute atomic E-state index is 13.1. The van der Waals surface area contributed by atoms with Gasteiger partial charge in [-0.1, -0.05) is 48.5 Å². The van der Waals surface area contributed by atoms with Gasteiger partial charge in [0.15, 0.2) is 0 Å². The molecule has 8 heteroatoms. The van der Waals surface area contributed by atoms with Crippen LogP contribution in [0.2, 0.25) is 0 Å². The van der Waals surface area contributed by atoms with E-state index in [1.807, 2.05) is 0 Å². The Bertz CT molecular complexity index is 1300. The number of carbonyl (C=O) groups excluding carboxylic acids is 2. The average Bonchev–Trinajstić information content (AvgIpc) is 2.75. The topological polar surface area (TPSA) is 110 Å². The Balaban J connectivity index is 1.84. The Kier molecular flexibility index (Phi) is 4.85. The number of rotatable bonds is 5. The van der Waals surface area contributed by atoms with Crippen molar-refractivity contribution in [3.8, 4) is 11.5 Å². The molecule has 0 aliphatic heterocycles. The second-order valence-corrected chi connectivity index (χ2v) is 8.11. The quantitative estimate of drug-likeness (QED) is 0.655. The highest BCUT2D eigenvalue weighted by Crippen LogP contribution is 2.29. The molecule has 3 aromatic carbocycles. The lowest BCUT2D eigenvalue weighted by atomic mass is 9.91. The molecule has 150 valence electrons. The Morgan fingerprint density at radius 3 is 2.07 bits per heavy atom. The number of allylic oxidation sites excluding steroid dienone is 2. The van der Waals surface area contributed by atoms with Gasteiger partial charge in [0.25, 0.3) is 10.0 Å². The molecular formula is C22H15NO6S. The van der Waals surface area contributed by atoms with Crippen molar-refractivity contribution in [1.82, 2.24) is 4.72 Å². The largest absolute Gasteiger partial charge is 0.508 e. The van der Waals surface area contributed by atoms with Crippen molar-refractivity contribution < 1.29 is 27.9 Å². The van der Waals surface area contributed by atoms with Crippen LogP contribution in [0.15, 0.2) is 95.2 Å². The van der Waals surface area contributed by atoms with E-state index in [0.29, 0.717) is 0 Å². The molecule has 3 aromatic rings. The zero-order valence-corrected chi connectivity index (χ0v) is 16.2. The van der Waals surface area contributed by atoms with E-state index in [1.54, 1.807) is 18.2 Å². The number of ether oxygens (including phenoxy) is 1. The third-order valence-electron chi connectivity index (χ3n) is 4.40. The number of phenols is 1. The van der Waals surface area contributed by atoms with E-state index < -0.39 is 33.0 Å². The SMILES string of the molecule is O=C1C(NS(=O)(=O)c2ccccc2)=C(Oc2cccc(O)c2)C(=O)c2ccccc21. The number of ketones is 2. The molecular weight excluding hydrogens is 406 g/mol. The number of fused-ring (bicyclic) bond motifs is 1. The lowest BCUT2D eigenvalue weighted by molar-refractivity contribution is 0.0933. The van der Waals surface area contributed by atoms with Crippen LogP contribution >= 0.6 is 0 Å². The van der Waals surface area contributed by atoms with Gasteiger partial charge >= 0.3 is 0 Å². The van der Waals surface area contributed by atoms with Crippen molar-refractivity contribution >= 4 is 21.6 Å². The van der Waals surface area contributed by atoms with Crippen LogP contribution in [0.4, 0.5) is 0 Å². The first-order valence-electron chi connectivity index (χ1n) is 8.84. The van der Waals surface area contributed by atoms with Crippen LogP contribution in [0, 0.1) is 0 Å². The predicted molar refractivity (Wildman–Crippen MR) is 108 cm³/mol. The van der Waals surface area contributed by atoms with E-state index in [4.69, 9.17) is 4.74 Å². The molecule has 0 amide bonds. The summed E-state index contributed by atoms with van der Waals surface area (Å²) in [6.45, 7) is 0. The Labute approximate surface area is 172 Å². The van der Waals surface area contributed by atoms with Gasteiger partial charge in [0.1, 0.15) is 17.2 Å². The standard InChI is InChI=1S/C22H15NO6S/c24-14-7-6-8-15(13-14)29-22-19(23-30(27,28)16-9-2-1-3-10-16)20(25)17-11-4-5-12-18(17)21(22)26/h1-13,23-24H. The van der Waals surface area contributed by atoms with Crippen LogP contribution in [0.5, 0.6) is 11.5 Å². The maximum atomic E-state index is 13.1. The molecule has 7 nitrogen and oxygen atoms in total. The number of hydrogen-bond acceptors (Lipinski definition) is 6. The molecule has 0 saturated heterocycles. The van der Waals surface area contributed by atoms with E-state index in [9.17, 15) is 23.1 Å². The summed E-state index contributed by atoms with van der Waals surface area (Å²) in [5, 5.41) is 9.66. The third kappa shape index (κ3) is 3.56. The van der Waals surface area contributed by atoms with Crippen molar-refractivity contribution in [3.63, 3.8) is 0 Å². The number of benzene rings is 3. The van der Waals surface area contributed by atoms with Crippen molar-refractivity contribution in [2.45, 2.75) is 4.90 Å². The second kappa shape index (κ2) is 7.49. The van der Waals surface area contributed by atoms with Gasteiger partial charge < -0.3 is 9.84 Å². The number of nitrogens with one attached hydrogen (secondary N) is 1. The third-order valence-corrected chi connectivity index (χ3v) is 5.77. The minimum atomic E-state index is -4.16. The molecule has 0 spiro atoms. The van der Waals surface area contributed by atoms with Gasteiger partial charge in [-0.2, -0.15) is 0 Å². The zero-order chi connectivity index (χ0) is 21.3. The van der Waals surface area contributed by atoms with Crippen LogP contribution in [0.25, 0.3) is 0 Å². The monoisotopic (exact) mass is 421 g/mol. The second-order valence-electron chi connectivity index (χ2n) is 6.43. The van der Waals surface area contributed by atoms with Gasteiger partial charge in [0.05, 0.1) is 4.90 Å². The summed E-state index contributed by atoms with van der Waals surface area (Å²) in [6, 6.07) is 19.1. The number of Topliss-reactive ketones (excluding diaryl/α,β-unsaturated/α-hetero) is 2. The summed E-state index contributed by atoms with van der Waals surface area (Å²) in [4.78, 5) is 26.0. The first kappa shape index (κ1) is 19.4. The molecule has 0 fully saturated rings. The van der Waals surface area contributed by atoms with Crippen molar-refractivity contribution in [2.75, 3.05) is 0 Å². The minimum Gasteiger partial charge on any atom is -0.508 e. The van der Waals surface area contributed by atoms with Gasteiger partial charge in [0.2, 0.25) is 17.3 Å². The van der Waals surface area contributed by atoms with Crippen LogP contribution in [-0.4, -0.2) is 25.1 Å². The number of phenolic OH excluding ortho intramolecular Hbond substituents is 1. The van der Waals surface area contributed by atoms with E-state index in [2.05, 4.69) is 4.72 Å². The molecule has 4 rings (SSSR count). The fourth-order valence-corrected chi connectivity index (χ4v) is 4.09. The van der Waals surface area contributed by atoms with Crippen molar-refractivity contribution in [1.29, 1.82) is 0 Å². The van der Waals surface area contributed by atoms with E-state index >= 15 is 0 Å². The summed E-state index contributed by atoms with van der Waals surface area (Å²) in [5.41, 5.74) is -0.331. The molecule has 2 N–H and O–H groups in total. The Morgan fingerprint density at radius 1 is 0.767 bits per heavy atom. The van der Waals surface area contributed by atoms with Crippen molar-refractivity contribution in [2.24, 2.45) is 0 Å². The molecule has 1 aliphatic rings. The summed E-state index contributed by atoms with van der Waals surface area (Å²) < 4.78 is 33.4. The number of aromatic hydroxyl groups is 1. The zero-order valence-electron chi connectivity index (χ0n) is 15.4. The fourth-order valence-electron chi connectivity index (χ4n) is 3.00. The minimum absolute atomic E-state index is 0.0662. The Hall–Kier alpha value is -3.91. The molecule has 0 radical (unpaired) electrons. The van der Waals surface area contributed by atoms with E-state index in [1.165, 1.54) is 60.7 Å². The van der Waals surface area contributed by atoms with Crippen LogP contribution in [-0.2, 0) is 10.0 Å². The van der Waals surface area contributed by atoms with Gasteiger partial charge in [-0.25, -0.2) is 8.42 Å². The number of hydrogen-bond donors (Lipinski definition) is 2. The molecule has 0 bridgehead atoms. The lowest BCUT2D eigenvalue weighted by Crippen LogP contribution is -2.35. The number of sulfonamides is 1. The molecule has 0 saturated carbocycles.